The number of benzene rings is 1. The molecular formula is C23H32N4O2. The maximum atomic E-state index is 13.3. The third-order valence-electron chi connectivity index (χ3n) is 6.73. The second-order valence-corrected chi connectivity index (χ2v) is 8.34. The van der Waals surface area contributed by atoms with Crippen LogP contribution in [-0.2, 0) is 16.1 Å². The van der Waals surface area contributed by atoms with Crippen molar-refractivity contribution in [3.8, 4) is 5.69 Å². The molecule has 3 heterocycles. The number of hydrogen-bond donors (Lipinski definition) is 0. The molecule has 6 nitrogen and oxygen atoms in total. The molecule has 0 radical (unpaired) electrons. The maximum absolute atomic E-state index is 13.3. The zero-order chi connectivity index (χ0) is 20.3. The van der Waals surface area contributed by atoms with E-state index < -0.39 is 0 Å². The maximum Gasteiger partial charge on any atom is 0.227 e. The fourth-order valence-electron chi connectivity index (χ4n) is 5.02. The van der Waals surface area contributed by atoms with Crippen LogP contribution in [0.4, 0.5) is 0 Å². The third-order valence-corrected chi connectivity index (χ3v) is 6.73. The van der Waals surface area contributed by atoms with Gasteiger partial charge in [-0.25, -0.2) is 4.98 Å². The number of aromatic nitrogens is 2. The Bertz CT molecular complexity index is 793. The van der Waals surface area contributed by atoms with E-state index in [2.05, 4.69) is 48.0 Å². The van der Waals surface area contributed by atoms with Gasteiger partial charge in [0, 0.05) is 69.4 Å². The van der Waals surface area contributed by atoms with Crippen molar-refractivity contribution in [3.63, 3.8) is 0 Å². The number of hydrogen-bond acceptors (Lipinski definition) is 4. The predicted molar refractivity (Wildman–Crippen MR) is 113 cm³/mol. The van der Waals surface area contributed by atoms with Crippen LogP contribution >= 0.6 is 0 Å². The first kappa shape index (κ1) is 20.1. The minimum absolute atomic E-state index is 0.0642. The van der Waals surface area contributed by atoms with Gasteiger partial charge in [0.15, 0.2) is 0 Å². The second-order valence-electron chi connectivity index (χ2n) is 8.34. The molecule has 1 spiro atoms. The summed E-state index contributed by atoms with van der Waals surface area (Å²) in [4.78, 5) is 21.9. The first-order chi connectivity index (χ1) is 14.1. The molecule has 2 aliphatic heterocycles. The first-order valence-corrected chi connectivity index (χ1v) is 10.8. The number of amides is 1. The van der Waals surface area contributed by atoms with E-state index in [1.165, 1.54) is 5.56 Å². The summed E-state index contributed by atoms with van der Waals surface area (Å²) >= 11 is 0. The topological polar surface area (TPSA) is 50.6 Å². The summed E-state index contributed by atoms with van der Waals surface area (Å²) in [5, 5.41) is 0. The molecule has 4 rings (SSSR count). The molecule has 2 fully saturated rings. The highest BCUT2D eigenvalue weighted by Crippen LogP contribution is 2.45. The number of imidazole rings is 1. The molecule has 0 saturated carbocycles. The fraction of sp³-hybridized carbons (Fsp3) is 0.565. The van der Waals surface area contributed by atoms with Crippen molar-refractivity contribution in [2.75, 3.05) is 39.4 Å². The Morgan fingerprint density at radius 3 is 2.55 bits per heavy atom. The van der Waals surface area contributed by atoms with Crippen molar-refractivity contribution >= 4 is 5.91 Å². The molecule has 0 aliphatic carbocycles. The summed E-state index contributed by atoms with van der Waals surface area (Å²) in [6.45, 7) is 9.98. The number of nitrogens with zero attached hydrogens (tertiary/aromatic N) is 4. The zero-order valence-electron chi connectivity index (χ0n) is 17.6. The lowest BCUT2D eigenvalue weighted by molar-refractivity contribution is -0.140. The molecular weight excluding hydrogens is 364 g/mol. The zero-order valence-corrected chi connectivity index (χ0v) is 17.6. The summed E-state index contributed by atoms with van der Waals surface area (Å²) in [6.07, 6.45) is 7.53. The lowest BCUT2D eigenvalue weighted by atomic mass is 9.71. The molecule has 2 aromatic rings. The molecule has 2 aliphatic rings. The van der Waals surface area contributed by atoms with E-state index in [0.717, 1.165) is 64.5 Å². The van der Waals surface area contributed by atoms with Gasteiger partial charge in [-0.2, -0.15) is 0 Å². The largest absolute Gasteiger partial charge is 0.381 e. The highest BCUT2D eigenvalue weighted by atomic mass is 16.5. The van der Waals surface area contributed by atoms with Gasteiger partial charge in [-0.05, 0) is 44.4 Å². The van der Waals surface area contributed by atoms with Crippen LogP contribution in [0.15, 0.2) is 43.0 Å². The molecule has 0 N–H and O–H groups in total. The van der Waals surface area contributed by atoms with Crippen molar-refractivity contribution in [1.29, 1.82) is 0 Å². The van der Waals surface area contributed by atoms with Crippen LogP contribution in [0, 0.1) is 11.3 Å². The standard InChI is InChI=1S/C23H32N4O2/c1-3-26(4-2)22(28)21-16-25(17-23(21)9-13-29-14-10-23)15-19-5-7-20(8-6-19)27-12-11-24-18-27/h5-8,11-12,18,21H,3-4,9-10,13-17H2,1-2H3. The van der Waals surface area contributed by atoms with Gasteiger partial charge in [0.2, 0.25) is 5.91 Å². The van der Waals surface area contributed by atoms with Gasteiger partial charge in [0.1, 0.15) is 0 Å². The first-order valence-electron chi connectivity index (χ1n) is 10.8. The van der Waals surface area contributed by atoms with E-state index in [9.17, 15) is 4.79 Å². The number of ether oxygens (including phenoxy) is 1. The highest BCUT2D eigenvalue weighted by Gasteiger charge is 2.51. The summed E-state index contributed by atoms with van der Waals surface area (Å²) in [6, 6.07) is 8.64. The Labute approximate surface area is 173 Å². The van der Waals surface area contributed by atoms with Crippen molar-refractivity contribution in [2.24, 2.45) is 11.3 Å². The highest BCUT2D eigenvalue weighted by molar-refractivity contribution is 5.80. The molecule has 2 saturated heterocycles. The lowest BCUT2D eigenvalue weighted by Gasteiger charge is -2.39. The van der Waals surface area contributed by atoms with Crippen molar-refractivity contribution in [2.45, 2.75) is 33.2 Å². The Balaban J connectivity index is 1.49. The SMILES string of the molecule is CCN(CC)C(=O)C1CN(Cc2ccc(-n3ccnc3)cc2)CC12CCOCC2. The van der Waals surface area contributed by atoms with E-state index in [1.807, 2.05) is 22.0 Å². The molecule has 1 aromatic heterocycles. The number of likely N-dealkylation sites (tertiary alicyclic amines) is 1. The molecule has 1 amide bonds. The smallest absolute Gasteiger partial charge is 0.227 e. The Morgan fingerprint density at radius 1 is 1.21 bits per heavy atom. The molecule has 1 aromatic carbocycles. The Hall–Kier alpha value is -2.18. The minimum Gasteiger partial charge on any atom is -0.381 e. The van der Waals surface area contributed by atoms with Crippen LogP contribution in [0.1, 0.15) is 32.3 Å². The average Bonchev–Trinajstić information content (AvgIpc) is 3.39. The van der Waals surface area contributed by atoms with Gasteiger partial charge in [0.25, 0.3) is 0 Å². The molecule has 1 atom stereocenters. The second kappa shape index (κ2) is 8.67. The van der Waals surface area contributed by atoms with Gasteiger partial charge in [0.05, 0.1) is 12.2 Å². The monoisotopic (exact) mass is 396 g/mol. The van der Waals surface area contributed by atoms with Crippen molar-refractivity contribution in [3.05, 3.63) is 48.5 Å². The van der Waals surface area contributed by atoms with Crippen LogP contribution in [0.3, 0.4) is 0 Å². The van der Waals surface area contributed by atoms with Crippen LogP contribution in [0.2, 0.25) is 0 Å². The van der Waals surface area contributed by atoms with Gasteiger partial charge in [-0.15, -0.1) is 0 Å². The van der Waals surface area contributed by atoms with Gasteiger partial charge < -0.3 is 14.2 Å². The van der Waals surface area contributed by atoms with Crippen LogP contribution in [0.25, 0.3) is 5.69 Å². The van der Waals surface area contributed by atoms with E-state index in [4.69, 9.17) is 4.74 Å². The van der Waals surface area contributed by atoms with E-state index in [1.54, 1.807) is 6.20 Å². The van der Waals surface area contributed by atoms with E-state index in [0.29, 0.717) is 5.91 Å². The molecule has 0 bridgehead atoms. The quantitative estimate of drug-likeness (QED) is 0.753. The van der Waals surface area contributed by atoms with Crippen LogP contribution < -0.4 is 0 Å². The summed E-state index contributed by atoms with van der Waals surface area (Å²) in [5.74, 6) is 0.409. The van der Waals surface area contributed by atoms with E-state index in [-0.39, 0.29) is 11.3 Å². The van der Waals surface area contributed by atoms with Gasteiger partial charge in [-0.1, -0.05) is 12.1 Å². The van der Waals surface area contributed by atoms with Gasteiger partial charge >= 0.3 is 0 Å². The normalized spacial score (nSPS) is 21.5. The fourth-order valence-corrected chi connectivity index (χ4v) is 5.02. The van der Waals surface area contributed by atoms with Gasteiger partial charge in [-0.3, -0.25) is 9.69 Å². The summed E-state index contributed by atoms with van der Waals surface area (Å²) in [5.41, 5.74) is 2.46. The summed E-state index contributed by atoms with van der Waals surface area (Å²) in [7, 11) is 0. The summed E-state index contributed by atoms with van der Waals surface area (Å²) < 4.78 is 7.66. The lowest BCUT2D eigenvalue weighted by Crippen LogP contribution is -2.46. The molecule has 1 unspecified atom stereocenters. The molecule has 6 heteroatoms. The van der Waals surface area contributed by atoms with Crippen molar-refractivity contribution in [1.82, 2.24) is 19.4 Å². The minimum atomic E-state index is 0.0642. The van der Waals surface area contributed by atoms with E-state index >= 15 is 0 Å². The predicted octanol–water partition coefficient (Wildman–Crippen LogP) is 2.97. The number of rotatable bonds is 6. The molecule has 29 heavy (non-hydrogen) atoms. The number of carbonyl (C=O) groups is 1. The van der Waals surface area contributed by atoms with Crippen LogP contribution in [0.5, 0.6) is 0 Å². The Kier molecular flexibility index (Phi) is 6.01. The number of carbonyl (C=O) groups excluding carboxylic acids is 1. The third kappa shape index (κ3) is 4.09. The molecule has 156 valence electrons. The average molecular weight is 397 g/mol. The van der Waals surface area contributed by atoms with Crippen LogP contribution in [-0.4, -0.2) is 64.7 Å². The van der Waals surface area contributed by atoms with Crippen molar-refractivity contribution < 1.29 is 9.53 Å². The Morgan fingerprint density at radius 2 is 1.93 bits per heavy atom.